The zero-order valence-electron chi connectivity index (χ0n) is 17.3. The highest BCUT2D eigenvalue weighted by molar-refractivity contribution is 7.81. The van der Waals surface area contributed by atoms with Crippen molar-refractivity contribution < 1.29 is 21.9 Å². The Hall–Kier alpha value is -2.75. The van der Waals surface area contributed by atoms with Crippen LogP contribution in [0.25, 0.3) is 0 Å². The van der Waals surface area contributed by atoms with Crippen LogP contribution in [0.1, 0.15) is 12.0 Å². The SMILES string of the molecule is O=S([O-])N(c1ccc(C(F)F)cc1)c1ccccc1N1CCN(c2ccc(Cl)cc2F)CC1. The minimum atomic E-state index is -2.68. The number of alkyl halides is 2. The van der Waals surface area contributed by atoms with Gasteiger partial charge in [-0.3, -0.25) is 8.51 Å². The average Bonchev–Trinajstić information content (AvgIpc) is 2.80. The van der Waals surface area contributed by atoms with Crippen LogP contribution in [-0.4, -0.2) is 34.9 Å². The summed E-state index contributed by atoms with van der Waals surface area (Å²) in [5, 5.41) is 0.330. The monoisotopic (exact) mass is 494 g/mol. The molecule has 0 amide bonds. The Balaban J connectivity index is 1.58. The molecule has 0 N–H and O–H groups in total. The Morgan fingerprint density at radius 2 is 1.52 bits per heavy atom. The minimum absolute atomic E-state index is 0.186. The van der Waals surface area contributed by atoms with E-state index in [0.29, 0.717) is 48.3 Å². The minimum Gasteiger partial charge on any atom is -0.755 e. The topological polar surface area (TPSA) is 49.9 Å². The van der Waals surface area contributed by atoms with Gasteiger partial charge in [0.05, 0.1) is 34.0 Å². The van der Waals surface area contributed by atoms with Crippen molar-refractivity contribution in [2.45, 2.75) is 6.43 Å². The van der Waals surface area contributed by atoms with E-state index in [4.69, 9.17) is 11.6 Å². The highest BCUT2D eigenvalue weighted by atomic mass is 35.5. The van der Waals surface area contributed by atoms with Crippen LogP contribution in [0, 0.1) is 5.82 Å². The highest BCUT2D eigenvalue weighted by Gasteiger charge is 2.24. The van der Waals surface area contributed by atoms with Crippen LogP contribution in [0.5, 0.6) is 0 Å². The van der Waals surface area contributed by atoms with Crippen molar-refractivity contribution in [2.75, 3.05) is 40.3 Å². The van der Waals surface area contributed by atoms with Crippen LogP contribution in [0.3, 0.4) is 0 Å². The molecule has 33 heavy (non-hydrogen) atoms. The Morgan fingerprint density at radius 1 is 0.909 bits per heavy atom. The fourth-order valence-corrected chi connectivity index (χ4v) is 4.66. The van der Waals surface area contributed by atoms with Crippen molar-refractivity contribution in [1.82, 2.24) is 0 Å². The number of benzene rings is 3. The van der Waals surface area contributed by atoms with Crippen molar-refractivity contribution in [3.05, 3.63) is 83.1 Å². The zero-order chi connectivity index (χ0) is 23.5. The summed E-state index contributed by atoms with van der Waals surface area (Å²) < 4.78 is 65.5. The second-order valence-electron chi connectivity index (χ2n) is 7.46. The molecule has 1 unspecified atom stereocenters. The van der Waals surface area contributed by atoms with Crippen molar-refractivity contribution in [2.24, 2.45) is 0 Å². The van der Waals surface area contributed by atoms with E-state index in [1.807, 2.05) is 9.80 Å². The maximum Gasteiger partial charge on any atom is 0.263 e. The predicted molar refractivity (Wildman–Crippen MR) is 125 cm³/mol. The second kappa shape index (κ2) is 10.0. The number of rotatable bonds is 6. The van der Waals surface area contributed by atoms with Gasteiger partial charge >= 0.3 is 0 Å². The van der Waals surface area contributed by atoms with E-state index >= 15 is 0 Å². The first-order valence-electron chi connectivity index (χ1n) is 10.2. The number of hydrogen-bond donors (Lipinski definition) is 0. The molecule has 1 fully saturated rings. The fraction of sp³-hybridized carbons (Fsp3) is 0.217. The second-order valence-corrected chi connectivity index (χ2v) is 8.70. The molecule has 0 aliphatic carbocycles. The third-order valence-electron chi connectivity index (χ3n) is 5.50. The lowest BCUT2D eigenvalue weighted by Gasteiger charge is -2.39. The Morgan fingerprint density at radius 3 is 2.09 bits per heavy atom. The van der Waals surface area contributed by atoms with Crippen LogP contribution in [0.2, 0.25) is 5.02 Å². The van der Waals surface area contributed by atoms with E-state index in [1.54, 1.807) is 36.4 Å². The largest absolute Gasteiger partial charge is 0.755 e. The number of anilines is 4. The molecule has 4 rings (SSSR count). The van der Waals surface area contributed by atoms with Crippen molar-refractivity contribution in [3.8, 4) is 0 Å². The summed E-state index contributed by atoms with van der Waals surface area (Å²) in [6.45, 7) is 2.11. The first-order chi connectivity index (χ1) is 15.8. The fourth-order valence-electron chi connectivity index (χ4n) is 3.89. The molecule has 0 aromatic heterocycles. The lowest BCUT2D eigenvalue weighted by molar-refractivity contribution is 0.151. The molecule has 3 aromatic carbocycles. The van der Waals surface area contributed by atoms with Crippen LogP contribution in [0.15, 0.2) is 66.7 Å². The van der Waals surface area contributed by atoms with Gasteiger partial charge in [0.1, 0.15) is 5.82 Å². The van der Waals surface area contributed by atoms with Crippen LogP contribution >= 0.6 is 11.6 Å². The molecule has 1 aliphatic heterocycles. The molecule has 5 nitrogen and oxygen atoms in total. The van der Waals surface area contributed by atoms with Crippen LogP contribution in [-0.2, 0) is 11.3 Å². The zero-order valence-corrected chi connectivity index (χ0v) is 18.9. The molecule has 0 spiro atoms. The molecule has 10 heteroatoms. The molecule has 0 radical (unpaired) electrons. The van der Waals surface area contributed by atoms with E-state index in [9.17, 15) is 21.9 Å². The van der Waals surface area contributed by atoms with Crippen molar-refractivity contribution in [1.29, 1.82) is 0 Å². The molecule has 1 heterocycles. The van der Waals surface area contributed by atoms with Gasteiger partial charge in [0, 0.05) is 36.8 Å². The number of nitrogens with zero attached hydrogens (tertiary/aromatic N) is 3. The quantitative estimate of drug-likeness (QED) is 0.414. The van der Waals surface area contributed by atoms with Crippen LogP contribution < -0.4 is 14.1 Å². The molecule has 0 bridgehead atoms. The molecule has 0 saturated carbocycles. The molecule has 1 aliphatic rings. The number of hydrogen-bond acceptors (Lipinski definition) is 4. The van der Waals surface area contributed by atoms with Gasteiger partial charge in [0.25, 0.3) is 6.43 Å². The summed E-state index contributed by atoms with van der Waals surface area (Å²) >= 11 is 3.16. The normalized spacial score (nSPS) is 15.1. The number of halogens is 4. The van der Waals surface area contributed by atoms with Gasteiger partial charge in [-0.05, 0) is 42.5 Å². The Kier molecular flexibility index (Phi) is 7.11. The molecule has 1 atom stereocenters. The van der Waals surface area contributed by atoms with Crippen LogP contribution in [0.4, 0.5) is 35.9 Å². The molecular formula is C23H20ClF3N3O2S-. The Bertz CT molecular complexity index is 1140. The van der Waals surface area contributed by atoms with E-state index in [0.717, 1.165) is 4.31 Å². The van der Waals surface area contributed by atoms with Gasteiger partial charge in [-0.2, -0.15) is 0 Å². The van der Waals surface area contributed by atoms with Crippen molar-refractivity contribution >= 4 is 45.6 Å². The summed E-state index contributed by atoms with van der Waals surface area (Å²) in [5.41, 5.74) is 1.61. The van der Waals surface area contributed by atoms with E-state index in [1.165, 1.54) is 30.3 Å². The van der Waals surface area contributed by atoms with E-state index in [-0.39, 0.29) is 11.3 Å². The summed E-state index contributed by atoms with van der Waals surface area (Å²) in [4.78, 5) is 3.93. The van der Waals surface area contributed by atoms with E-state index < -0.39 is 23.5 Å². The molecule has 174 valence electrons. The average molecular weight is 495 g/mol. The smallest absolute Gasteiger partial charge is 0.263 e. The van der Waals surface area contributed by atoms with Gasteiger partial charge in [-0.25, -0.2) is 13.2 Å². The van der Waals surface area contributed by atoms with Gasteiger partial charge in [0.2, 0.25) is 0 Å². The van der Waals surface area contributed by atoms with E-state index in [2.05, 4.69) is 0 Å². The first-order valence-corrected chi connectivity index (χ1v) is 11.6. The molecule has 3 aromatic rings. The highest BCUT2D eigenvalue weighted by Crippen LogP contribution is 2.37. The third-order valence-corrected chi connectivity index (χ3v) is 6.44. The number of piperazine rings is 1. The third kappa shape index (κ3) is 5.10. The Labute approximate surface area is 197 Å². The first kappa shape index (κ1) is 23.4. The lowest BCUT2D eigenvalue weighted by atomic mass is 10.1. The molecular weight excluding hydrogens is 475 g/mol. The lowest BCUT2D eigenvalue weighted by Crippen LogP contribution is -2.47. The summed E-state index contributed by atoms with van der Waals surface area (Å²) in [6.07, 6.45) is -2.64. The van der Waals surface area contributed by atoms with Gasteiger partial charge < -0.3 is 14.4 Å². The summed E-state index contributed by atoms with van der Waals surface area (Å²) in [5.74, 6) is -0.392. The maximum atomic E-state index is 14.3. The van der Waals surface area contributed by atoms with Gasteiger partial charge in [0.15, 0.2) is 0 Å². The maximum absolute atomic E-state index is 14.3. The summed E-state index contributed by atoms with van der Waals surface area (Å²) in [6, 6.07) is 16.7. The number of para-hydroxylation sites is 2. The predicted octanol–water partition coefficient (Wildman–Crippen LogP) is 5.68. The van der Waals surface area contributed by atoms with Gasteiger partial charge in [-0.15, -0.1) is 0 Å². The standard InChI is InChI=1S/C23H21ClF3N3O2S/c24-17-7-10-20(19(25)15-17)28-11-13-29(14-12-28)21-3-1-2-4-22(21)30(33(31)32)18-8-5-16(6-9-18)23(26)27/h1-10,15,23H,11-14H2,(H,31,32)/p-1. The van der Waals surface area contributed by atoms with Gasteiger partial charge in [-0.1, -0.05) is 35.9 Å². The summed E-state index contributed by atoms with van der Waals surface area (Å²) in [7, 11) is 0. The van der Waals surface area contributed by atoms with Crippen molar-refractivity contribution in [3.63, 3.8) is 0 Å². The molecule has 1 saturated heterocycles.